The second kappa shape index (κ2) is 8.31. The average molecular weight is 290 g/mol. The quantitative estimate of drug-likeness (QED) is 0.594. The summed E-state index contributed by atoms with van der Waals surface area (Å²) in [5, 5.41) is 0. The largest absolute Gasteiger partial charge is 0.299 e. The van der Waals surface area contributed by atoms with Crippen molar-refractivity contribution in [1.29, 1.82) is 0 Å². The Morgan fingerprint density at radius 1 is 1.05 bits per heavy atom. The molecule has 21 heavy (non-hydrogen) atoms. The molecule has 1 fully saturated rings. The van der Waals surface area contributed by atoms with Crippen molar-refractivity contribution >= 4 is 5.78 Å². The summed E-state index contributed by atoms with van der Waals surface area (Å²) in [6.07, 6.45) is 9.63. The van der Waals surface area contributed by atoms with E-state index in [4.69, 9.17) is 0 Å². The van der Waals surface area contributed by atoms with Gasteiger partial charge in [0.25, 0.3) is 0 Å². The lowest BCUT2D eigenvalue weighted by atomic mass is 9.76. The highest BCUT2D eigenvalue weighted by Crippen LogP contribution is 2.36. The number of hydrogen-bond donors (Lipinski definition) is 0. The van der Waals surface area contributed by atoms with Crippen molar-refractivity contribution in [3.05, 3.63) is 35.6 Å². The van der Waals surface area contributed by atoms with Crippen LogP contribution in [-0.4, -0.2) is 5.78 Å². The molecule has 1 aliphatic carbocycles. The fourth-order valence-electron chi connectivity index (χ4n) is 3.41. The highest BCUT2D eigenvalue weighted by molar-refractivity contribution is 5.81. The van der Waals surface area contributed by atoms with Gasteiger partial charge in [-0.25, -0.2) is 4.39 Å². The molecule has 1 aromatic carbocycles. The van der Waals surface area contributed by atoms with E-state index in [9.17, 15) is 9.18 Å². The summed E-state index contributed by atoms with van der Waals surface area (Å²) in [4.78, 5) is 12.2. The Morgan fingerprint density at radius 3 is 2.33 bits per heavy atom. The fourth-order valence-corrected chi connectivity index (χ4v) is 3.41. The Balaban J connectivity index is 1.75. The molecule has 0 heterocycles. The zero-order valence-electron chi connectivity index (χ0n) is 13.1. The van der Waals surface area contributed by atoms with E-state index in [0.29, 0.717) is 11.7 Å². The summed E-state index contributed by atoms with van der Waals surface area (Å²) in [6.45, 7) is 2.19. The van der Waals surface area contributed by atoms with Crippen LogP contribution in [0, 0.1) is 11.7 Å². The SMILES string of the molecule is CCCCCCC(=O)[C@H]1CC[C@H](c2ccc(F)cc2)CC1. The molecule has 116 valence electrons. The average Bonchev–Trinajstić information content (AvgIpc) is 2.52. The van der Waals surface area contributed by atoms with Crippen LogP contribution < -0.4 is 0 Å². The molecule has 0 unspecified atom stereocenters. The first kappa shape index (κ1) is 16.2. The number of benzene rings is 1. The maximum atomic E-state index is 13.0. The molecular weight excluding hydrogens is 263 g/mol. The molecule has 0 N–H and O–H groups in total. The number of hydrogen-bond acceptors (Lipinski definition) is 1. The molecule has 0 bridgehead atoms. The molecular formula is C19H27FO. The van der Waals surface area contributed by atoms with Gasteiger partial charge in [-0.05, 0) is 55.7 Å². The lowest BCUT2D eigenvalue weighted by Gasteiger charge is -2.28. The Morgan fingerprint density at radius 2 is 1.71 bits per heavy atom. The summed E-state index contributed by atoms with van der Waals surface area (Å²) in [7, 11) is 0. The fraction of sp³-hybridized carbons (Fsp3) is 0.632. The van der Waals surface area contributed by atoms with E-state index in [-0.39, 0.29) is 11.7 Å². The third-order valence-corrected chi connectivity index (χ3v) is 4.80. The van der Waals surface area contributed by atoms with Gasteiger partial charge in [-0.2, -0.15) is 0 Å². The smallest absolute Gasteiger partial charge is 0.135 e. The third kappa shape index (κ3) is 4.94. The van der Waals surface area contributed by atoms with E-state index < -0.39 is 0 Å². The number of Topliss-reactive ketones (excluding diaryl/α,β-unsaturated/α-hetero) is 1. The monoisotopic (exact) mass is 290 g/mol. The van der Waals surface area contributed by atoms with Gasteiger partial charge in [0.05, 0.1) is 0 Å². The van der Waals surface area contributed by atoms with Crippen LogP contribution in [0.15, 0.2) is 24.3 Å². The van der Waals surface area contributed by atoms with Crippen molar-refractivity contribution in [3.63, 3.8) is 0 Å². The highest BCUT2D eigenvalue weighted by atomic mass is 19.1. The van der Waals surface area contributed by atoms with E-state index in [0.717, 1.165) is 38.5 Å². The molecule has 0 atom stereocenters. The summed E-state index contributed by atoms with van der Waals surface area (Å²) in [5.41, 5.74) is 1.23. The van der Waals surface area contributed by atoms with Crippen LogP contribution in [0.25, 0.3) is 0 Å². The van der Waals surface area contributed by atoms with Crippen molar-refractivity contribution in [1.82, 2.24) is 0 Å². The maximum absolute atomic E-state index is 13.0. The van der Waals surface area contributed by atoms with Crippen LogP contribution in [0.3, 0.4) is 0 Å². The van der Waals surface area contributed by atoms with Gasteiger partial charge in [-0.1, -0.05) is 38.3 Å². The predicted molar refractivity (Wildman–Crippen MR) is 84.9 cm³/mol. The third-order valence-electron chi connectivity index (χ3n) is 4.80. The topological polar surface area (TPSA) is 17.1 Å². The Kier molecular flexibility index (Phi) is 6.41. The molecule has 1 saturated carbocycles. The zero-order chi connectivity index (χ0) is 15.1. The zero-order valence-corrected chi connectivity index (χ0v) is 13.1. The first-order chi connectivity index (χ1) is 10.2. The second-order valence-corrected chi connectivity index (χ2v) is 6.38. The van der Waals surface area contributed by atoms with Gasteiger partial charge in [0.1, 0.15) is 11.6 Å². The van der Waals surface area contributed by atoms with Crippen molar-refractivity contribution < 1.29 is 9.18 Å². The predicted octanol–water partition coefficient (Wildman–Crippen LogP) is 5.64. The van der Waals surface area contributed by atoms with Crippen molar-refractivity contribution in [2.75, 3.05) is 0 Å². The first-order valence-corrected chi connectivity index (χ1v) is 8.49. The number of carbonyl (C=O) groups excluding carboxylic acids is 1. The van der Waals surface area contributed by atoms with E-state index in [1.165, 1.54) is 24.8 Å². The molecule has 1 nitrogen and oxygen atoms in total. The van der Waals surface area contributed by atoms with Gasteiger partial charge in [0.2, 0.25) is 0 Å². The lowest BCUT2D eigenvalue weighted by Crippen LogP contribution is -2.21. The standard InChI is InChI=1S/C19H27FO/c1-2-3-4-5-6-19(21)17-9-7-15(8-10-17)16-11-13-18(20)14-12-16/h11-15,17H,2-10H2,1H3/t15-,17-. The minimum Gasteiger partial charge on any atom is -0.299 e. The number of carbonyl (C=O) groups is 1. The van der Waals surface area contributed by atoms with Crippen LogP contribution in [0.4, 0.5) is 4.39 Å². The number of rotatable bonds is 7. The van der Waals surface area contributed by atoms with Crippen molar-refractivity contribution in [2.45, 2.75) is 70.6 Å². The van der Waals surface area contributed by atoms with E-state index >= 15 is 0 Å². The van der Waals surface area contributed by atoms with Gasteiger partial charge in [-0.3, -0.25) is 4.79 Å². The number of halogens is 1. The number of ketones is 1. The molecule has 0 radical (unpaired) electrons. The normalized spacial score (nSPS) is 22.2. The number of unbranched alkanes of at least 4 members (excludes halogenated alkanes) is 3. The van der Waals surface area contributed by atoms with E-state index in [1.807, 2.05) is 12.1 Å². The molecule has 2 rings (SSSR count). The molecule has 1 aliphatic rings. The van der Waals surface area contributed by atoms with Crippen LogP contribution >= 0.6 is 0 Å². The maximum Gasteiger partial charge on any atom is 0.135 e. The van der Waals surface area contributed by atoms with Gasteiger partial charge in [-0.15, -0.1) is 0 Å². The van der Waals surface area contributed by atoms with E-state index in [1.54, 1.807) is 12.1 Å². The van der Waals surface area contributed by atoms with Gasteiger partial charge in [0.15, 0.2) is 0 Å². The summed E-state index contributed by atoms with van der Waals surface area (Å²) >= 11 is 0. The first-order valence-electron chi connectivity index (χ1n) is 8.49. The molecule has 0 aliphatic heterocycles. The Bertz CT molecular complexity index is 429. The molecule has 2 heteroatoms. The second-order valence-electron chi connectivity index (χ2n) is 6.38. The van der Waals surface area contributed by atoms with Gasteiger partial charge < -0.3 is 0 Å². The van der Waals surface area contributed by atoms with Crippen molar-refractivity contribution in [3.8, 4) is 0 Å². The molecule has 1 aromatic rings. The van der Waals surface area contributed by atoms with Crippen molar-refractivity contribution in [2.24, 2.45) is 5.92 Å². The summed E-state index contributed by atoms with van der Waals surface area (Å²) in [6, 6.07) is 6.88. The Hall–Kier alpha value is -1.18. The Labute approximate surface area is 127 Å². The van der Waals surface area contributed by atoms with Crippen LogP contribution in [0.1, 0.15) is 76.2 Å². The van der Waals surface area contributed by atoms with Crippen LogP contribution in [0.2, 0.25) is 0 Å². The van der Waals surface area contributed by atoms with Crippen LogP contribution in [0.5, 0.6) is 0 Å². The van der Waals surface area contributed by atoms with Gasteiger partial charge in [0, 0.05) is 12.3 Å². The molecule has 0 saturated heterocycles. The van der Waals surface area contributed by atoms with Gasteiger partial charge >= 0.3 is 0 Å². The highest BCUT2D eigenvalue weighted by Gasteiger charge is 2.26. The molecule has 0 amide bonds. The minimum absolute atomic E-state index is 0.172. The molecule has 0 spiro atoms. The summed E-state index contributed by atoms with van der Waals surface area (Å²) < 4.78 is 13.0. The lowest BCUT2D eigenvalue weighted by molar-refractivity contribution is -0.124. The summed E-state index contributed by atoms with van der Waals surface area (Å²) in [5.74, 6) is 1.09. The van der Waals surface area contributed by atoms with E-state index in [2.05, 4.69) is 6.92 Å². The van der Waals surface area contributed by atoms with Crippen LogP contribution in [-0.2, 0) is 4.79 Å². The minimum atomic E-state index is -0.172. The molecule has 0 aromatic heterocycles.